The highest BCUT2D eigenvalue weighted by Crippen LogP contribution is 2.24. The molecule has 7 heteroatoms. The lowest BCUT2D eigenvalue weighted by molar-refractivity contribution is 0.0655. The van der Waals surface area contributed by atoms with Crippen molar-refractivity contribution in [3.63, 3.8) is 0 Å². The largest absolute Gasteiger partial charge is 0.399 e. The Balaban J connectivity index is 1.79. The lowest BCUT2D eigenvalue weighted by Gasteiger charge is -2.11. The fourth-order valence-electron chi connectivity index (χ4n) is 2.17. The van der Waals surface area contributed by atoms with Gasteiger partial charge < -0.3 is 10.3 Å². The summed E-state index contributed by atoms with van der Waals surface area (Å²) in [4.78, 5) is 29.5. The van der Waals surface area contributed by atoms with Gasteiger partial charge >= 0.3 is 0 Å². The van der Waals surface area contributed by atoms with Crippen molar-refractivity contribution in [2.24, 2.45) is 0 Å². The number of benzene rings is 1. The summed E-state index contributed by atoms with van der Waals surface area (Å²) in [6.45, 7) is 1.90. The van der Waals surface area contributed by atoms with E-state index in [1.54, 1.807) is 19.1 Å². The lowest BCUT2D eigenvalue weighted by atomic mass is 10.1. The van der Waals surface area contributed by atoms with Gasteiger partial charge in [0.2, 0.25) is 5.89 Å². The molecule has 2 aromatic rings. The summed E-state index contributed by atoms with van der Waals surface area (Å²) in [5.41, 5.74) is 6.83. The van der Waals surface area contributed by atoms with Crippen LogP contribution in [0, 0.1) is 6.92 Å². The van der Waals surface area contributed by atoms with Gasteiger partial charge in [0.25, 0.3) is 11.8 Å². The van der Waals surface area contributed by atoms with E-state index >= 15 is 0 Å². The van der Waals surface area contributed by atoms with Gasteiger partial charge in [-0.25, -0.2) is 0 Å². The number of aromatic nitrogens is 2. The number of carbonyl (C=O) groups is 2. The van der Waals surface area contributed by atoms with Crippen LogP contribution in [0.2, 0.25) is 0 Å². The Morgan fingerprint density at radius 2 is 2.00 bits per heavy atom. The average Bonchev–Trinajstić information content (AvgIpc) is 2.92. The Morgan fingerprint density at radius 3 is 2.70 bits per heavy atom. The molecular weight excluding hydrogens is 260 g/mol. The summed E-state index contributed by atoms with van der Waals surface area (Å²) in [5, 5.41) is 3.73. The summed E-state index contributed by atoms with van der Waals surface area (Å²) >= 11 is 0. The van der Waals surface area contributed by atoms with Crippen molar-refractivity contribution in [2.45, 2.75) is 13.3 Å². The molecule has 102 valence electrons. The number of rotatable bonds is 3. The molecule has 0 atom stereocenters. The van der Waals surface area contributed by atoms with Gasteiger partial charge in [0.1, 0.15) is 0 Å². The fraction of sp³-hybridized carbons (Fsp3) is 0.231. The maximum Gasteiger partial charge on any atom is 0.261 e. The smallest absolute Gasteiger partial charge is 0.261 e. The number of amides is 2. The molecule has 0 saturated heterocycles. The van der Waals surface area contributed by atoms with E-state index in [1.165, 1.54) is 11.0 Å². The topological polar surface area (TPSA) is 102 Å². The molecular formula is C13H12N4O3. The summed E-state index contributed by atoms with van der Waals surface area (Å²) in [6.07, 6.45) is 0.359. The number of aryl methyl sites for hydroxylation is 1. The zero-order valence-electron chi connectivity index (χ0n) is 10.8. The average molecular weight is 272 g/mol. The molecule has 0 fully saturated rings. The molecule has 20 heavy (non-hydrogen) atoms. The van der Waals surface area contributed by atoms with Crippen LogP contribution in [0.25, 0.3) is 0 Å². The minimum Gasteiger partial charge on any atom is -0.399 e. The van der Waals surface area contributed by atoms with Crippen molar-refractivity contribution in [3.05, 3.63) is 41.0 Å². The Hall–Kier alpha value is -2.70. The minimum absolute atomic E-state index is 0.214. The number of anilines is 1. The first-order valence-electron chi connectivity index (χ1n) is 6.11. The van der Waals surface area contributed by atoms with Crippen LogP contribution in [0.1, 0.15) is 32.4 Å². The quantitative estimate of drug-likeness (QED) is 0.655. The molecule has 1 aliphatic heterocycles. The van der Waals surface area contributed by atoms with E-state index in [0.29, 0.717) is 35.0 Å². The van der Waals surface area contributed by atoms with Crippen LogP contribution >= 0.6 is 0 Å². The zero-order chi connectivity index (χ0) is 14.3. The Morgan fingerprint density at radius 1 is 1.25 bits per heavy atom. The summed E-state index contributed by atoms with van der Waals surface area (Å²) in [7, 11) is 0. The van der Waals surface area contributed by atoms with Gasteiger partial charge in [-0.05, 0) is 18.2 Å². The number of imide groups is 1. The molecule has 3 rings (SSSR count). The van der Waals surface area contributed by atoms with Gasteiger partial charge in [-0.2, -0.15) is 4.98 Å². The van der Waals surface area contributed by atoms with Crippen molar-refractivity contribution in [3.8, 4) is 0 Å². The third-order valence-corrected chi connectivity index (χ3v) is 3.12. The van der Waals surface area contributed by atoms with Crippen molar-refractivity contribution in [1.29, 1.82) is 0 Å². The molecule has 0 radical (unpaired) electrons. The monoisotopic (exact) mass is 272 g/mol. The zero-order valence-corrected chi connectivity index (χ0v) is 10.8. The summed E-state index contributed by atoms with van der Waals surface area (Å²) in [6, 6.07) is 4.70. The molecule has 2 N–H and O–H groups in total. The molecule has 0 bridgehead atoms. The predicted octanol–water partition coefficient (Wildman–Crippen LogP) is 0.799. The van der Waals surface area contributed by atoms with Crippen LogP contribution in [0.5, 0.6) is 0 Å². The van der Waals surface area contributed by atoms with Gasteiger partial charge in [0, 0.05) is 25.6 Å². The third kappa shape index (κ3) is 1.93. The molecule has 0 unspecified atom stereocenters. The van der Waals surface area contributed by atoms with Gasteiger partial charge in [0.15, 0.2) is 5.82 Å². The molecule has 2 heterocycles. The lowest BCUT2D eigenvalue weighted by Crippen LogP contribution is -2.31. The second kappa shape index (κ2) is 4.44. The van der Waals surface area contributed by atoms with Crippen LogP contribution in [0.4, 0.5) is 5.69 Å². The minimum atomic E-state index is -0.336. The highest BCUT2D eigenvalue weighted by Gasteiger charge is 2.35. The second-order valence-electron chi connectivity index (χ2n) is 4.55. The number of hydrogen-bond acceptors (Lipinski definition) is 6. The van der Waals surface area contributed by atoms with Crippen LogP contribution < -0.4 is 5.73 Å². The number of nitrogens with two attached hydrogens (primary N) is 1. The van der Waals surface area contributed by atoms with Gasteiger partial charge in [-0.15, -0.1) is 0 Å². The first kappa shape index (κ1) is 12.3. The number of nitrogen functional groups attached to an aromatic ring is 1. The Kier molecular flexibility index (Phi) is 2.74. The molecule has 0 spiro atoms. The second-order valence-corrected chi connectivity index (χ2v) is 4.55. The number of fused-ring (bicyclic) bond motifs is 1. The Labute approximate surface area is 114 Å². The summed E-state index contributed by atoms with van der Waals surface area (Å²) < 4.78 is 4.84. The van der Waals surface area contributed by atoms with E-state index < -0.39 is 0 Å². The van der Waals surface area contributed by atoms with E-state index in [9.17, 15) is 9.59 Å². The molecule has 2 amide bonds. The third-order valence-electron chi connectivity index (χ3n) is 3.12. The molecule has 1 aromatic carbocycles. The number of nitrogens with zero attached hydrogens (tertiary/aromatic N) is 3. The maximum absolute atomic E-state index is 12.2. The first-order chi connectivity index (χ1) is 9.56. The highest BCUT2D eigenvalue weighted by atomic mass is 16.5. The van der Waals surface area contributed by atoms with Gasteiger partial charge in [0.05, 0.1) is 11.1 Å². The molecule has 0 saturated carbocycles. The van der Waals surface area contributed by atoms with Crippen LogP contribution in [-0.4, -0.2) is 33.4 Å². The predicted molar refractivity (Wildman–Crippen MR) is 69.0 cm³/mol. The van der Waals surface area contributed by atoms with E-state index in [2.05, 4.69) is 10.1 Å². The van der Waals surface area contributed by atoms with Crippen molar-refractivity contribution in [2.75, 3.05) is 12.3 Å². The van der Waals surface area contributed by atoms with E-state index in [1.807, 2.05) is 0 Å². The maximum atomic E-state index is 12.2. The van der Waals surface area contributed by atoms with Crippen LogP contribution in [0.3, 0.4) is 0 Å². The number of carbonyl (C=O) groups excluding carboxylic acids is 2. The van der Waals surface area contributed by atoms with E-state index in [-0.39, 0.29) is 18.4 Å². The van der Waals surface area contributed by atoms with Crippen molar-refractivity contribution >= 4 is 17.5 Å². The fourth-order valence-corrected chi connectivity index (χ4v) is 2.17. The normalized spacial score (nSPS) is 13.9. The van der Waals surface area contributed by atoms with Crippen LogP contribution in [0.15, 0.2) is 22.7 Å². The van der Waals surface area contributed by atoms with E-state index in [0.717, 1.165) is 0 Å². The molecule has 0 aliphatic carbocycles. The SMILES string of the molecule is Cc1nc(CCN2C(=O)c3ccc(N)cc3C2=O)no1. The van der Waals surface area contributed by atoms with Gasteiger partial charge in [-0.3, -0.25) is 14.5 Å². The van der Waals surface area contributed by atoms with Crippen molar-refractivity contribution < 1.29 is 14.1 Å². The highest BCUT2D eigenvalue weighted by molar-refractivity contribution is 6.21. The molecule has 1 aromatic heterocycles. The summed E-state index contributed by atoms with van der Waals surface area (Å²) in [5.74, 6) is 0.274. The molecule has 7 nitrogen and oxygen atoms in total. The van der Waals surface area contributed by atoms with E-state index in [4.69, 9.17) is 10.3 Å². The molecule has 1 aliphatic rings. The first-order valence-corrected chi connectivity index (χ1v) is 6.11. The van der Waals surface area contributed by atoms with Crippen molar-refractivity contribution in [1.82, 2.24) is 15.0 Å². The van der Waals surface area contributed by atoms with Gasteiger partial charge in [-0.1, -0.05) is 5.16 Å². The van der Waals surface area contributed by atoms with Crippen LogP contribution in [-0.2, 0) is 6.42 Å². The number of hydrogen-bond donors (Lipinski definition) is 1. The Bertz CT molecular complexity index is 707. The standard InChI is InChI=1S/C13H12N4O3/c1-7-15-11(16-20-7)4-5-17-12(18)9-3-2-8(14)6-10(9)13(17)19/h2-3,6H,4-5,14H2,1H3.